The summed E-state index contributed by atoms with van der Waals surface area (Å²) < 4.78 is 99.0. The zero-order valence-corrected chi connectivity index (χ0v) is 33.6. The summed E-state index contributed by atoms with van der Waals surface area (Å²) in [6.45, 7) is 12.3. The van der Waals surface area contributed by atoms with Crippen molar-refractivity contribution in [1.29, 1.82) is 0 Å². The summed E-state index contributed by atoms with van der Waals surface area (Å²) >= 11 is 0. The van der Waals surface area contributed by atoms with Crippen molar-refractivity contribution in [3.63, 3.8) is 0 Å². The maximum atomic E-state index is 14.8. The zero-order chi connectivity index (χ0) is 39.9. The number of carbonyl (C=O) groups excluding carboxylic acids is 2. The highest BCUT2D eigenvalue weighted by Gasteiger charge is 2.83. The molecule has 54 heavy (non-hydrogen) atoms. The number of alkyl halides is 3. The molecule has 12 atom stereocenters. The Balaban J connectivity index is 1.25. The van der Waals surface area contributed by atoms with Crippen molar-refractivity contribution in [2.75, 3.05) is 14.2 Å². The second-order valence-electron chi connectivity index (χ2n) is 18.1. The molecule has 0 saturated heterocycles. The minimum Gasteiger partial charge on any atom is -0.469 e. The average Bonchev–Trinajstić information content (AvgIpc) is 3.66. The summed E-state index contributed by atoms with van der Waals surface area (Å²) in [5.41, 5.74) is -4.37. The number of ether oxygens (including phenoxy) is 3. The predicted molar refractivity (Wildman–Crippen MR) is 194 cm³/mol. The number of halogens is 3. The fourth-order valence-corrected chi connectivity index (χ4v) is 14.0. The van der Waals surface area contributed by atoms with E-state index < -0.39 is 51.7 Å². The van der Waals surface area contributed by atoms with Crippen molar-refractivity contribution in [3.8, 4) is 0 Å². The standard InChI is InChI=1S/C41H57F3O9S/c1-25(2)22-28(52-34(46)40(51-8,41(42,43)44)27-12-10-9-11-13-27)23-26(3)29-16-18-36(5)30-14-15-31-37(6,33(45)50-7)32(53-54(47,48)49)17-19-38(31)24-39(30,38)21-20-35(29,36)4/h9-13,22,26,28-32H,14-21,23-24H2,1-8H3,(H,47,48,49)/t26-,28+,29-,30+,31+,32+,35-,36+,37+,38-,39+,40-/m1/s1. The molecule has 1 aromatic carbocycles. The van der Waals surface area contributed by atoms with Crippen molar-refractivity contribution in [1.82, 2.24) is 0 Å². The third-order valence-corrected chi connectivity index (χ3v) is 16.4. The van der Waals surface area contributed by atoms with E-state index >= 15 is 0 Å². The van der Waals surface area contributed by atoms with Gasteiger partial charge in [0.15, 0.2) is 0 Å². The minimum absolute atomic E-state index is 0.0129. The fourth-order valence-electron chi connectivity index (χ4n) is 13.5. The van der Waals surface area contributed by atoms with Gasteiger partial charge in [-0.05, 0) is 136 Å². The first-order valence-electron chi connectivity index (χ1n) is 19.3. The number of hydrogen-bond donors (Lipinski definition) is 1. The van der Waals surface area contributed by atoms with E-state index in [1.807, 2.05) is 13.8 Å². The topological polar surface area (TPSA) is 125 Å². The van der Waals surface area contributed by atoms with Gasteiger partial charge in [0.1, 0.15) is 6.10 Å². The van der Waals surface area contributed by atoms with Crippen molar-refractivity contribution >= 4 is 22.3 Å². The highest BCUT2D eigenvalue weighted by atomic mass is 32.3. The van der Waals surface area contributed by atoms with Gasteiger partial charge in [-0.2, -0.15) is 21.6 Å². The van der Waals surface area contributed by atoms with Crippen molar-refractivity contribution in [3.05, 3.63) is 47.5 Å². The average molecular weight is 783 g/mol. The minimum atomic E-state index is -5.07. The Labute approximate surface area is 318 Å². The van der Waals surface area contributed by atoms with Crippen molar-refractivity contribution < 1.29 is 54.1 Å². The third-order valence-electron chi connectivity index (χ3n) is 15.9. The first-order valence-corrected chi connectivity index (χ1v) is 20.7. The van der Waals surface area contributed by atoms with Gasteiger partial charge in [-0.15, -0.1) is 0 Å². The molecule has 1 N–H and O–H groups in total. The zero-order valence-electron chi connectivity index (χ0n) is 32.8. The predicted octanol–water partition coefficient (Wildman–Crippen LogP) is 8.78. The molecule has 1 aromatic rings. The molecule has 0 radical (unpaired) electrons. The number of benzene rings is 1. The summed E-state index contributed by atoms with van der Waals surface area (Å²) in [4.78, 5) is 27.2. The molecule has 9 nitrogen and oxygen atoms in total. The molecule has 0 aliphatic heterocycles. The van der Waals surface area contributed by atoms with Crippen LogP contribution in [0.4, 0.5) is 13.2 Å². The van der Waals surface area contributed by atoms with E-state index in [0.717, 1.165) is 51.2 Å². The Hall–Kier alpha value is -2.48. The van der Waals surface area contributed by atoms with Gasteiger partial charge in [0.25, 0.3) is 5.60 Å². The number of hydrogen-bond acceptors (Lipinski definition) is 8. The van der Waals surface area contributed by atoms with Gasteiger partial charge in [0.2, 0.25) is 0 Å². The van der Waals surface area contributed by atoms with Crippen LogP contribution in [0.5, 0.6) is 0 Å². The van der Waals surface area contributed by atoms with Gasteiger partial charge < -0.3 is 14.2 Å². The molecule has 0 aromatic heterocycles. The van der Waals surface area contributed by atoms with Gasteiger partial charge in [-0.25, -0.2) is 8.98 Å². The van der Waals surface area contributed by atoms with E-state index in [4.69, 9.17) is 18.4 Å². The summed E-state index contributed by atoms with van der Waals surface area (Å²) in [5.74, 6) is -1.57. The smallest absolute Gasteiger partial charge is 0.432 e. The van der Waals surface area contributed by atoms with Crippen LogP contribution in [0, 0.1) is 50.7 Å². The molecule has 0 bridgehead atoms. The number of rotatable bonds is 11. The molecule has 5 fully saturated rings. The van der Waals surface area contributed by atoms with Crippen LogP contribution >= 0.6 is 0 Å². The number of fused-ring (bicyclic) bond motifs is 2. The Morgan fingerprint density at radius 1 is 0.926 bits per heavy atom. The maximum Gasteiger partial charge on any atom is 0.432 e. The van der Waals surface area contributed by atoms with E-state index in [-0.39, 0.29) is 45.0 Å². The lowest BCUT2D eigenvalue weighted by atomic mass is 9.41. The lowest BCUT2D eigenvalue weighted by Gasteiger charge is -2.63. The van der Waals surface area contributed by atoms with Gasteiger partial charge in [0.05, 0.1) is 18.6 Å². The largest absolute Gasteiger partial charge is 0.469 e. The number of methoxy groups -OCH3 is 2. The first kappa shape index (κ1) is 41.2. The highest BCUT2D eigenvalue weighted by Crippen LogP contribution is 2.89. The van der Waals surface area contributed by atoms with E-state index in [2.05, 4.69) is 20.8 Å². The number of allylic oxidation sites excluding steroid dienone is 1. The second-order valence-corrected chi connectivity index (χ2v) is 19.2. The van der Waals surface area contributed by atoms with Crippen LogP contribution < -0.4 is 0 Å². The van der Waals surface area contributed by atoms with Crippen LogP contribution in [0.3, 0.4) is 0 Å². The molecule has 13 heteroatoms. The van der Waals surface area contributed by atoms with Gasteiger partial charge in [-0.1, -0.05) is 56.7 Å². The van der Waals surface area contributed by atoms with Gasteiger partial charge in [-0.3, -0.25) is 9.35 Å². The maximum absolute atomic E-state index is 14.8. The molecular formula is C41H57F3O9S. The monoisotopic (exact) mass is 782 g/mol. The third kappa shape index (κ3) is 5.90. The molecule has 2 spiro atoms. The van der Waals surface area contributed by atoms with Crippen LogP contribution in [0.15, 0.2) is 42.0 Å². The molecule has 5 aliphatic carbocycles. The van der Waals surface area contributed by atoms with Crippen molar-refractivity contribution in [2.24, 2.45) is 50.7 Å². The Morgan fingerprint density at radius 3 is 2.13 bits per heavy atom. The van der Waals surface area contributed by atoms with Crippen LogP contribution in [0.25, 0.3) is 0 Å². The summed E-state index contributed by atoms with van der Waals surface area (Å²) in [6.07, 6.45) is 2.44. The Morgan fingerprint density at radius 2 is 1.56 bits per heavy atom. The lowest BCUT2D eigenvalue weighted by molar-refractivity contribution is -0.277. The molecule has 0 amide bonds. The normalized spacial score (nSPS) is 39.3. The highest BCUT2D eigenvalue weighted by molar-refractivity contribution is 7.80. The van der Waals surface area contributed by atoms with Crippen LogP contribution in [-0.2, 0) is 44.0 Å². The summed E-state index contributed by atoms with van der Waals surface area (Å²) in [5, 5.41) is 0. The molecule has 0 heterocycles. The Bertz CT molecular complexity index is 1760. The van der Waals surface area contributed by atoms with E-state index in [9.17, 15) is 35.7 Å². The van der Waals surface area contributed by atoms with Crippen LogP contribution in [-0.4, -0.2) is 57.5 Å². The quantitative estimate of drug-likeness (QED) is 0.133. The number of esters is 2. The summed E-state index contributed by atoms with van der Waals surface area (Å²) in [6, 6.07) is 6.88. The van der Waals surface area contributed by atoms with E-state index in [1.165, 1.54) is 31.4 Å². The number of carbonyl (C=O) groups is 2. The second kappa shape index (κ2) is 13.6. The van der Waals surface area contributed by atoms with Crippen molar-refractivity contribution in [2.45, 2.75) is 130 Å². The summed E-state index contributed by atoms with van der Waals surface area (Å²) in [7, 11) is -2.61. The van der Waals surface area contributed by atoms with Crippen LogP contribution in [0.1, 0.15) is 111 Å². The van der Waals surface area contributed by atoms with E-state index in [1.54, 1.807) is 19.1 Å². The SMILES string of the molecule is COC(=O)[C@]1(C)[C@@H](OS(=O)(=O)O)CC[C@]23C[C@]24CC[C@]2(C)[C@@H]([C@H](C)C[C@H](C=C(C)C)OC(=O)[C@](OC)(c5ccccc5)C(F)(F)F)CC[C@@]2(C)[C@@H]4CC[C@@H]13. The molecular weight excluding hydrogens is 726 g/mol. The fraction of sp³-hybridized carbons (Fsp3) is 0.756. The molecule has 302 valence electrons. The van der Waals surface area contributed by atoms with Gasteiger partial charge in [0, 0.05) is 12.7 Å². The van der Waals surface area contributed by atoms with Gasteiger partial charge >= 0.3 is 28.5 Å². The Kier molecular flexibility index (Phi) is 10.4. The molecule has 5 aliphatic rings. The van der Waals surface area contributed by atoms with Crippen LogP contribution in [0.2, 0.25) is 0 Å². The first-order chi connectivity index (χ1) is 25.0. The molecule has 6 rings (SSSR count). The van der Waals surface area contributed by atoms with E-state index in [0.29, 0.717) is 31.6 Å². The molecule has 0 unspecified atom stereocenters. The molecule has 5 saturated carbocycles. The lowest BCUT2D eigenvalue weighted by Crippen LogP contribution is -2.60.